The Balaban J connectivity index is 2.12. The second kappa shape index (κ2) is 4.80. The van der Waals surface area contributed by atoms with E-state index in [0.29, 0.717) is 5.69 Å². The molecule has 0 aliphatic heterocycles. The van der Waals surface area contributed by atoms with Crippen LogP contribution in [0, 0.1) is 0 Å². The lowest BCUT2D eigenvalue weighted by Crippen LogP contribution is -2.20. The number of carbonyl (C=O) groups is 1. The van der Waals surface area contributed by atoms with Crippen molar-refractivity contribution in [1.29, 1.82) is 0 Å². The minimum atomic E-state index is -0.473. The maximum atomic E-state index is 11.5. The number of carbonyl (C=O) groups excluding carboxylic acids is 1. The zero-order valence-electron chi connectivity index (χ0n) is 10.5. The van der Waals surface area contributed by atoms with Crippen LogP contribution in [0.4, 0.5) is 0 Å². The predicted molar refractivity (Wildman–Crippen MR) is 71.8 cm³/mol. The standard InChI is InChI=1S/C15H15N3O/c16-15(19)14-12(7-3-9-18-14)11-6-1-4-10-5-2-8-17-13(10)11/h2-3,5,7-9,11H,1,4,6H2,(H2,16,19). The van der Waals surface area contributed by atoms with E-state index in [-0.39, 0.29) is 5.92 Å². The number of primary amides is 1. The van der Waals surface area contributed by atoms with Gasteiger partial charge in [-0.3, -0.25) is 14.8 Å². The van der Waals surface area contributed by atoms with Gasteiger partial charge in [-0.15, -0.1) is 0 Å². The maximum Gasteiger partial charge on any atom is 0.267 e. The quantitative estimate of drug-likeness (QED) is 0.890. The molecule has 0 fully saturated rings. The van der Waals surface area contributed by atoms with Gasteiger partial charge in [-0.1, -0.05) is 12.1 Å². The number of fused-ring (bicyclic) bond motifs is 1. The molecule has 0 saturated heterocycles. The molecule has 4 nitrogen and oxygen atoms in total. The zero-order chi connectivity index (χ0) is 13.2. The average molecular weight is 253 g/mol. The molecule has 1 atom stereocenters. The van der Waals surface area contributed by atoms with Crippen LogP contribution in [0.2, 0.25) is 0 Å². The van der Waals surface area contributed by atoms with E-state index in [1.807, 2.05) is 18.2 Å². The highest BCUT2D eigenvalue weighted by molar-refractivity contribution is 5.92. The molecule has 0 saturated carbocycles. The second-order valence-corrected chi connectivity index (χ2v) is 4.80. The summed E-state index contributed by atoms with van der Waals surface area (Å²) in [5.41, 5.74) is 9.01. The summed E-state index contributed by atoms with van der Waals surface area (Å²) in [5, 5.41) is 0. The van der Waals surface area contributed by atoms with Gasteiger partial charge in [0.1, 0.15) is 5.69 Å². The summed E-state index contributed by atoms with van der Waals surface area (Å²) in [7, 11) is 0. The second-order valence-electron chi connectivity index (χ2n) is 4.80. The number of aryl methyl sites for hydroxylation is 1. The summed E-state index contributed by atoms with van der Waals surface area (Å²) < 4.78 is 0. The summed E-state index contributed by atoms with van der Waals surface area (Å²) in [6.07, 6.45) is 6.53. The van der Waals surface area contributed by atoms with Crippen molar-refractivity contribution in [2.24, 2.45) is 5.73 Å². The van der Waals surface area contributed by atoms with E-state index in [1.54, 1.807) is 12.4 Å². The molecule has 1 amide bonds. The van der Waals surface area contributed by atoms with Crippen molar-refractivity contribution in [3.05, 3.63) is 59.2 Å². The SMILES string of the molecule is NC(=O)c1ncccc1C1CCCc2cccnc21. The Labute approximate surface area is 111 Å². The Kier molecular flexibility index (Phi) is 2.99. The van der Waals surface area contributed by atoms with Gasteiger partial charge in [-0.2, -0.15) is 0 Å². The van der Waals surface area contributed by atoms with E-state index in [4.69, 9.17) is 5.73 Å². The highest BCUT2D eigenvalue weighted by atomic mass is 16.1. The zero-order valence-corrected chi connectivity index (χ0v) is 10.5. The fraction of sp³-hybridized carbons (Fsp3) is 0.267. The largest absolute Gasteiger partial charge is 0.364 e. The number of pyridine rings is 2. The number of nitrogens with zero attached hydrogens (tertiary/aromatic N) is 2. The number of hydrogen-bond donors (Lipinski definition) is 1. The van der Waals surface area contributed by atoms with E-state index >= 15 is 0 Å². The molecule has 1 aliphatic carbocycles. The lowest BCUT2D eigenvalue weighted by molar-refractivity contribution is 0.0994. The van der Waals surface area contributed by atoms with Crippen LogP contribution in [0.3, 0.4) is 0 Å². The van der Waals surface area contributed by atoms with Crippen LogP contribution in [0.25, 0.3) is 0 Å². The lowest BCUT2D eigenvalue weighted by Gasteiger charge is -2.25. The monoisotopic (exact) mass is 253 g/mol. The summed E-state index contributed by atoms with van der Waals surface area (Å²) in [4.78, 5) is 20.1. The van der Waals surface area contributed by atoms with Crippen LogP contribution in [0.5, 0.6) is 0 Å². The van der Waals surface area contributed by atoms with Gasteiger partial charge < -0.3 is 5.73 Å². The molecule has 4 heteroatoms. The first-order valence-corrected chi connectivity index (χ1v) is 6.46. The summed E-state index contributed by atoms with van der Waals surface area (Å²) >= 11 is 0. The molecule has 3 rings (SSSR count). The molecule has 0 bridgehead atoms. The molecule has 0 spiro atoms. The lowest BCUT2D eigenvalue weighted by atomic mass is 9.81. The summed E-state index contributed by atoms with van der Waals surface area (Å²) in [5.74, 6) is -0.347. The van der Waals surface area contributed by atoms with Crippen LogP contribution in [0.15, 0.2) is 36.7 Å². The van der Waals surface area contributed by atoms with E-state index in [2.05, 4.69) is 16.0 Å². The van der Waals surface area contributed by atoms with E-state index < -0.39 is 5.91 Å². The van der Waals surface area contributed by atoms with Crippen LogP contribution >= 0.6 is 0 Å². The third-order valence-corrected chi connectivity index (χ3v) is 3.64. The third-order valence-electron chi connectivity index (χ3n) is 3.64. The van der Waals surface area contributed by atoms with Gasteiger partial charge in [-0.25, -0.2) is 0 Å². The molecule has 96 valence electrons. The highest BCUT2D eigenvalue weighted by Crippen LogP contribution is 2.35. The normalized spacial score (nSPS) is 17.8. The fourth-order valence-electron chi connectivity index (χ4n) is 2.82. The topological polar surface area (TPSA) is 68.9 Å². The van der Waals surface area contributed by atoms with Crippen molar-refractivity contribution in [2.75, 3.05) is 0 Å². The van der Waals surface area contributed by atoms with Crippen molar-refractivity contribution in [3.63, 3.8) is 0 Å². The average Bonchev–Trinajstić information content (AvgIpc) is 2.46. The van der Waals surface area contributed by atoms with Crippen molar-refractivity contribution in [3.8, 4) is 0 Å². The fourth-order valence-corrected chi connectivity index (χ4v) is 2.82. The van der Waals surface area contributed by atoms with Gasteiger partial charge >= 0.3 is 0 Å². The van der Waals surface area contributed by atoms with Crippen molar-refractivity contribution < 1.29 is 4.79 Å². The van der Waals surface area contributed by atoms with Crippen LogP contribution in [0.1, 0.15) is 46.1 Å². The van der Waals surface area contributed by atoms with Gasteiger partial charge in [0.05, 0.1) is 5.69 Å². The van der Waals surface area contributed by atoms with Gasteiger partial charge in [0, 0.05) is 18.3 Å². The number of amides is 1. The third kappa shape index (κ3) is 2.10. The molecule has 2 heterocycles. The number of aromatic nitrogens is 2. The van der Waals surface area contributed by atoms with E-state index in [0.717, 1.165) is 30.5 Å². The molecule has 1 aliphatic rings. The van der Waals surface area contributed by atoms with Crippen LogP contribution < -0.4 is 5.73 Å². The molecular formula is C15H15N3O. The molecule has 1 unspecified atom stereocenters. The smallest absolute Gasteiger partial charge is 0.267 e. The van der Waals surface area contributed by atoms with Gasteiger partial charge in [-0.05, 0) is 42.5 Å². The molecule has 2 N–H and O–H groups in total. The van der Waals surface area contributed by atoms with E-state index in [1.165, 1.54) is 5.56 Å². The maximum absolute atomic E-state index is 11.5. The molecule has 19 heavy (non-hydrogen) atoms. The Morgan fingerprint density at radius 3 is 2.84 bits per heavy atom. The van der Waals surface area contributed by atoms with Gasteiger partial charge in [0.25, 0.3) is 5.91 Å². The summed E-state index contributed by atoms with van der Waals surface area (Å²) in [6.45, 7) is 0. The number of rotatable bonds is 2. The van der Waals surface area contributed by atoms with Gasteiger partial charge in [0.2, 0.25) is 0 Å². The first kappa shape index (κ1) is 11.8. The number of hydrogen-bond acceptors (Lipinski definition) is 3. The van der Waals surface area contributed by atoms with Crippen molar-refractivity contribution >= 4 is 5.91 Å². The predicted octanol–water partition coefficient (Wildman–Crippen LogP) is 2.04. The molecule has 0 aromatic carbocycles. The van der Waals surface area contributed by atoms with Crippen molar-refractivity contribution in [1.82, 2.24) is 9.97 Å². The highest BCUT2D eigenvalue weighted by Gasteiger charge is 2.26. The Hall–Kier alpha value is -2.23. The first-order chi connectivity index (χ1) is 9.27. The molecule has 2 aromatic heterocycles. The first-order valence-electron chi connectivity index (χ1n) is 6.46. The number of nitrogens with two attached hydrogens (primary N) is 1. The molecular weight excluding hydrogens is 238 g/mol. The van der Waals surface area contributed by atoms with Crippen LogP contribution in [-0.4, -0.2) is 15.9 Å². The summed E-state index contributed by atoms with van der Waals surface area (Å²) in [6, 6.07) is 7.84. The van der Waals surface area contributed by atoms with Crippen molar-refractivity contribution in [2.45, 2.75) is 25.2 Å². The Morgan fingerprint density at radius 2 is 2.00 bits per heavy atom. The minimum Gasteiger partial charge on any atom is -0.364 e. The molecule has 2 aromatic rings. The van der Waals surface area contributed by atoms with Crippen LogP contribution in [-0.2, 0) is 6.42 Å². The van der Waals surface area contributed by atoms with Gasteiger partial charge in [0.15, 0.2) is 0 Å². The minimum absolute atomic E-state index is 0.126. The Bertz CT molecular complexity index is 624. The molecule has 0 radical (unpaired) electrons. The Morgan fingerprint density at radius 1 is 1.21 bits per heavy atom. The van der Waals surface area contributed by atoms with E-state index in [9.17, 15) is 4.79 Å².